The summed E-state index contributed by atoms with van der Waals surface area (Å²) in [6.07, 6.45) is 1.91. The molecule has 0 aliphatic rings. The normalized spacial score (nSPS) is 11.5. The Morgan fingerprint density at radius 3 is 2.59 bits per heavy atom. The van der Waals surface area contributed by atoms with Gasteiger partial charge in [0.25, 0.3) is 10.0 Å². The number of sulfonamides is 1. The number of rotatable bonds is 7. The molecule has 1 aromatic heterocycles. The summed E-state index contributed by atoms with van der Waals surface area (Å²) >= 11 is 1.17. The third-order valence-electron chi connectivity index (χ3n) is 4.06. The van der Waals surface area contributed by atoms with E-state index in [1.54, 1.807) is 29.6 Å². The highest BCUT2D eigenvalue weighted by atomic mass is 32.2. The zero-order chi connectivity index (χ0) is 19.4. The van der Waals surface area contributed by atoms with Gasteiger partial charge < -0.3 is 5.73 Å². The Balaban J connectivity index is 1.80. The fraction of sp³-hybridized carbons (Fsp3) is 0.211. The van der Waals surface area contributed by atoms with E-state index in [1.165, 1.54) is 17.4 Å². The van der Waals surface area contributed by atoms with Crippen LogP contribution in [0.4, 0.5) is 9.52 Å². The number of hydrogen-bond donors (Lipinski definition) is 2. The van der Waals surface area contributed by atoms with E-state index in [0.717, 1.165) is 18.4 Å². The number of thiazole rings is 1. The number of nitrogens with one attached hydrogen (secondary N) is 1. The Bertz CT molecular complexity index is 1030. The van der Waals surface area contributed by atoms with E-state index in [9.17, 15) is 12.8 Å². The maximum atomic E-state index is 13.6. The molecule has 142 valence electrons. The van der Waals surface area contributed by atoms with Crippen LogP contribution >= 0.6 is 11.3 Å². The number of aryl methyl sites for hydroxylation is 1. The molecule has 1 heterocycles. The molecule has 0 radical (unpaired) electrons. The van der Waals surface area contributed by atoms with Crippen molar-refractivity contribution in [2.45, 2.75) is 31.2 Å². The Labute approximate surface area is 162 Å². The third kappa shape index (κ3) is 4.52. The van der Waals surface area contributed by atoms with E-state index in [4.69, 9.17) is 5.73 Å². The second-order valence-corrected chi connectivity index (χ2v) is 8.59. The smallest absolute Gasteiger partial charge is 0.263 e. The van der Waals surface area contributed by atoms with Crippen LogP contribution in [0.3, 0.4) is 0 Å². The van der Waals surface area contributed by atoms with Crippen molar-refractivity contribution >= 4 is 26.5 Å². The minimum atomic E-state index is -3.72. The van der Waals surface area contributed by atoms with Crippen molar-refractivity contribution in [2.24, 2.45) is 5.73 Å². The molecule has 0 spiro atoms. The lowest BCUT2D eigenvalue weighted by Crippen LogP contribution is -2.12. The van der Waals surface area contributed by atoms with Crippen LogP contribution in [0.25, 0.3) is 11.3 Å². The highest BCUT2D eigenvalue weighted by Crippen LogP contribution is 2.28. The van der Waals surface area contributed by atoms with Gasteiger partial charge in [0.2, 0.25) is 0 Å². The predicted octanol–water partition coefficient (Wildman–Crippen LogP) is 4.16. The quantitative estimate of drug-likeness (QED) is 0.618. The first-order valence-electron chi connectivity index (χ1n) is 8.49. The number of nitrogens with two attached hydrogens (primary N) is 1. The molecule has 3 rings (SSSR count). The van der Waals surface area contributed by atoms with Crippen molar-refractivity contribution in [1.82, 2.24) is 4.98 Å². The zero-order valence-electron chi connectivity index (χ0n) is 14.8. The molecule has 0 saturated heterocycles. The molecule has 0 amide bonds. The zero-order valence-corrected chi connectivity index (χ0v) is 16.4. The molecular formula is C19H20FN3O2S2. The summed E-state index contributed by atoms with van der Waals surface area (Å²) in [5.74, 6) is -0.371. The molecule has 8 heteroatoms. The fourth-order valence-corrected chi connectivity index (χ4v) is 4.61. The molecule has 5 nitrogen and oxygen atoms in total. The SMILES string of the molecule is CCCc1ccc(S(=O)(=O)Nc2nc(-c3ccc(F)c(CN)c3)cs2)cc1. The van der Waals surface area contributed by atoms with Gasteiger partial charge in [-0.2, -0.15) is 0 Å². The molecule has 0 atom stereocenters. The molecule has 0 unspecified atom stereocenters. The summed E-state index contributed by atoms with van der Waals surface area (Å²) in [6.45, 7) is 2.15. The lowest BCUT2D eigenvalue weighted by atomic mass is 10.1. The summed E-state index contributed by atoms with van der Waals surface area (Å²) in [4.78, 5) is 4.49. The van der Waals surface area contributed by atoms with Gasteiger partial charge in [-0.15, -0.1) is 11.3 Å². The first kappa shape index (κ1) is 19.5. The van der Waals surface area contributed by atoms with E-state index in [2.05, 4.69) is 16.6 Å². The summed E-state index contributed by atoms with van der Waals surface area (Å²) in [5, 5.41) is 1.97. The fourth-order valence-electron chi connectivity index (χ4n) is 2.64. The molecule has 3 aromatic rings. The Hall–Kier alpha value is -2.29. The van der Waals surface area contributed by atoms with Crippen molar-refractivity contribution in [2.75, 3.05) is 4.72 Å². The topological polar surface area (TPSA) is 85.1 Å². The average Bonchev–Trinajstić information content (AvgIpc) is 3.10. The van der Waals surface area contributed by atoms with Gasteiger partial charge in [0, 0.05) is 23.1 Å². The molecular weight excluding hydrogens is 385 g/mol. The van der Waals surface area contributed by atoms with Gasteiger partial charge in [-0.05, 0) is 42.3 Å². The summed E-state index contributed by atoms with van der Waals surface area (Å²) < 4.78 is 41.2. The van der Waals surface area contributed by atoms with Crippen molar-refractivity contribution in [3.05, 3.63) is 64.8 Å². The second kappa shape index (κ2) is 8.16. The maximum absolute atomic E-state index is 13.6. The van der Waals surface area contributed by atoms with E-state index < -0.39 is 10.0 Å². The number of halogens is 1. The van der Waals surface area contributed by atoms with Crippen molar-refractivity contribution in [3.63, 3.8) is 0 Å². The first-order chi connectivity index (χ1) is 12.9. The maximum Gasteiger partial charge on any atom is 0.263 e. The lowest BCUT2D eigenvalue weighted by molar-refractivity contribution is 0.601. The van der Waals surface area contributed by atoms with E-state index in [1.807, 2.05) is 12.1 Å². The van der Waals surface area contributed by atoms with Crippen LogP contribution in [0.2, 0.25) is 0 Å². The second-order valence-electron chi connectivity index (χ2n) is 6.05. The molecule has 0 aliphatic heterocycles. The van der Waals surface area contributed by atoms with Crippen LogP contribution < -0.4 is 10.5 Å². The van der Waals surface area contributed by atoms with Gasteiger partial charge in [0.15, 0.2) is 5.13 Å². The molecule has 2 aromatic carbocycles. The van der Waals surface area contributed by atoms with Gasteiger partial charge in [0.1, 0.15) is 5.82 Å². The van der Waals surface area contributed by atoms with Gasteiger partial charge in [-0.3, -0.25) is 4.72 Å². The van der Waals surface area contributed by atoms with Gasteiger partial charge in [0.05, 0.1) is 10.6 Å². The van der Waals surface area contributed by atoms with Gasteiger partial charge in [-0.1, -0.05) is 25.5 Å². The number of aromatic nitrogens is 1. The van der Waals surface area contributed by atoms with Crippen LogP contribution in [-0.4, -0.2) is 13.4 Å². The highest BCUT2D eigenvalue weighted by molar-refractivity contribution is 7.93. The van der Waals surface area contributed by atoms with Gasteiger partial charge in [-0.25, -0.2) is 17.8 Å². The molecule has 0 bridgehead atoms. The highest BCUT2D eigenvalue weighted by Gasteiger charge is 2.17. The molecule has 0 fully saturated rings. The molecule has 0 aliphatic carbocycles. The molecule has 27 heavy (non-hydrogen) atoms. The predicted molar refractivity (Wildman–Crippen MR) is 107 cm³/mol. The van der Waals surface area contributed by atoms with Crippen LogP contribution in [0.5, 0.6) is 0 Å². The Morgan fingerprint density at radius 1 is 1.19 bits per heavy atom. The van der Waals surface area contributed by atoms with Crippen LogP contribution in [0.15, 0.2) is 52.7 Å². The standard InChI is InChI=1S/C19H20FN3O2S2/c1-2-3-13-4-7-16(8-5-13)27(24,25)23-19-22-18(12-26-19)14-6-9-17(20)15(10-14)11-21/h4-10,12H,2-3,11,21H2,1H3,(H,22,23). The minimum absolute atomic E-state index is 0.0807. The third-order valence-corrected chi connectivity index (χ3v) is 6.30. The Morgan fingerprint density at radius 2 is 1.93 bits per heavy atom. The molecule has 0 saturated carbocycles. The molecule has 3 N–H and O–H groups in total. The van der Waals surface area contributed by atoms with Crippen LogP contribution in [0, 0.1) is 5.82 Å². The lowest BCUT2D eigenvalue weighted by Gasteiger charge is -2.06. The average molecular weight is 406 g/mol. The number of hydrogen-bond acceptors (Lipinski definition) is 5. The van der Waals surface area contributed by atoms with E-state index in [-0.39, 0.29) is 22.4 Å². The summed E-state index contributed by atoms with van der Waals surface area (Å²) in [5.41, 5.74) is 8.26. The number of nitrogens with zero attached hydrogens (tertiary/aromatic N) is 1. The number of benzene rings is 2. The van der Waals surface area contributed by atoms with Gasteiger partial charge >= 0.3 is 0 Å². The van der Waals surface area contributed by atoms with E-state index >= 15 is 0 Å². The van der Waals surface area contributed by atoms with Crippen molar-refractivity contribution < 1.29 is 12.8 Å². The largest absolute Gasteiger partial charge is 0.326 e. The van der Waals surface area contributed by atoms with Crippen molar-refractivity contribution in [3.8, 4) is 11.3 Å². The van der Waals surface area contributed by atoms with Crippen LogP contribution in [0.1, 0.15) is 24.5 Å². The monoisotopic (exact) mass is 405 g/mol. The first-order valence-corrected chi connectivity index (χ1v) is 10.9. The summed E-state index contributed by atoms with van der Waals surface area (Å²) in [6, 6.07) is 11.4. The van der Waals surface area contributed by atoms with E-state index in [0.29, 0.717) is 16.8 Å². The van der Waals surface area contributed by atoms with Crippen LogP contribution in [-0.2, 0) is 23.0 Å². The minimum Gasteiger partial charge on any atom is -0.326 e. The van der Waals surface area contributed by atoms with Crippen molar-refractivity contribution in [1.29, 1.82) is 0 Å². The summed E-state index contributed by atoms with van der Waals surface area (Å²) in [7, 11) is -3.72. The number of anilines is 1. The Kier molecular flexibility index (Phi) is 5.88.